The molecule has 0 aliphatic carbocycles. The SMILES string of the molecule is Cc1ccc(CNC(=O)N2CCC[C@@H]2c2nnc(C(=O)Nc3cccc(Cl)c3)s2)cc1. The Hall–Kier alpha value is -2.97. The lowest BCUT2D eigenvalue weighted by Crippen LogP contribution is -2.39. The van der Waals surface area contributed by atoms with Gasteiger partial charge in [0.05, 0.1) is 6.04 Å². The van der Waals surface area contributed by atoms with Crippen LogP contribution in [-0.4, -0.2) is 33.6 Å². The highest BCUT2D eigenvalue weighted by atomic mass is 35.5. The number of benzene rings is 2. The third-order valence-electron chi connectivity index (χ3n) is 5.08. The number of hydrogen-bond donors (Lipinski definition) is 2. The Morgan fingerprint density at radius 2 is 2.00 bits per heavy atom. The second kappa shape index (κ2) is 9.45. The molecule has 7 nitrogen and oxygen atoms in total. The molecular formula is C22H22ClN5O2S. The first-order chi connectivity index (χ1) is 15.0. The van der Waals surface area contributed by atoms with Crippen LogP contribution in [0.2, 0.25) is 5.02 Å². The van der Waals surface area contributed by atoms with Crippen LogP contribution in [0.4, 0.5) is 10.5 Å². The Balaban J connectivity index is 1.39. The van der Waals surface area contributed by atoms with Crippen LogP contribution in [0.1, 0.15) is 44.8 Å². The lowest BCUT2D eigenvalue weighted by Gasteiger charge is -2.23. The third-order valence-corrected chi connectivity index (χ3v) is 6.34. The van der Waals surface area contributed by atoms with E-state index in [1.54, 1.807) is 29.2 Å². The average molecular weight is 456 g/mol. The third kappa shape index (κ3) is 5.21. The molecule has 0 spiro atoms. The molecule has 1 fully saturated rings. The molecule has 2 heterocycles. The number of rotatable bonds is 5. The zero-order valence-electron chi connectivity index (χ0n) is 17.0. The number of halogens is 1. The van der Waals surface area contributed by atoms with Crippen molar-refractivity contribution in [1.82, 2.24) is 20.4 Å². The van der Waals surface area contributed by atoms with E-state index in [2.05, 4.69) is 20.8 Å². The van der Waals surface area contributed by atoms with Gasteiger partial charge in [0.25, 0.3) is 5.91 Å². The highest BCUT2D eigenvalue weighted by molar-refractivity contribution is 7.13. The number of carbonyl (C=O) groups is 2. The molecule has 31 heavy (non-hydrogen) atoms. The highest BCUT2D eigenvalue weighted by Gasteiger charge is 2.33. The Morgan fingerprint density at radius 1 is 1.19 bits per heavy atom. The summed E-state index contributed by atoms with van der Waals surface area (Å²) < 4.78 is 0. The average Bonchev–Trinajstić information content (AvgIpc) is 3.43. The van der Waals surface area contributed by atoms with Crippen molar-refractivity contribution in [2.24, 2.45) is 0 Å². The van der Waals surface area contributed by atoms with Gasteiger partial charge in [-0.1, -0.05) is 58.8 Å². The van der Waals surface area contributed by atoms with Gasteiger partial charge in [0.2, 0.25) is 5.01 Å². The van der Waals surface area contributed by atoms with E-state index in [1.807, 2.05) is 31.2 Å². The highest BCUT2D eigenvalue weighted by Crippen LogP contribution is 2.33. The van der Waals surface area contributed by atoms with E-state index < -0.39 is 0 Å². The fourth-order valence-corrected chi connectivity index (χ4v) is 4.54. The number of aromatic nitrogens is 2. The molecule has 0 bridgehead atoms. The van der Waals surface area contributed by atoms with E-state index in [4.69, 9.17) is 11.6 Å². The molecule has 3 aromatic rings. The normalized spacial score (nSPS) is 15.7. The summed E-state index contributed by atoms with van der Waals surface area (Å²) in [6, 6.07) is 14.7. The smallest absolute Gasteiger partial charge is 0.318 e. The second-order valence-corrected chi connectivity index (χ2v) is 8.85. The summed E-state index contributed by atoms with van der Waals surface area (Å²) in [6.45, 7) is 3.14. The molecule has 2 N–H and O–H groups in total. The summed E-state index contributed by atoms with van der Waals surface area (Å²) in [5, 5.41) is 15.4. The number of carbonyl (C=O) groups excluding carboxylic acids is 2. The molecule has 1 saturated heterocycles. The number of amides is 3. The van der Waals surface area contributed by atoms with Gasteiger partial charge in [-0.25, -0.2) is 4.79 Å². The number of aryl methyl sites for hydroxylation is 1. The first-order valence-corrected chi connectivity index (χ1v) is 11.2. The van der Waals surface area contributed by atoms with Crippen LogP contribution in [0.3, 0.4) is 0 Å². The summed E-state index contributed by atoms with van der Waals surface area (Å²) in [7, 11) is 0. The maximum absolute atomic E-state index is 12.8. The van der Waals surface area contributed by atoms with Crippen molar-refractivity contribution >= 4 is 40.6 Å². The topological polar surface area (TPSA) is 87.2 Å². The Kier molecular flexibility index (Phi) is 6.48. The van der Waals surface area contributed by atoms with Gasteiger partial charge in [0.15, 0.2) is 0 Å². The van der Waals surface area contributed by atoms with E-state index >= 15 is 0 Å². The molecule has 160 valence electrons. The quantitative estimate of drug-likeness (QED) is 0.578. The predicted molar refractivity (Wildman–Crippen MR) is 121 cm³/mol. The zero-order valence-corrected chi connectivity index (χ0v) is 18.5. The number of likely N-dealkylation sites (tertiary alicyclic amines) is 1. The molecule has 1 aliphatic rings. The van der Waals surface area contributed by atoms with Crippen LogP contribution in [0.5, 0.6) is 0 Å². The van der Waals surface area contributed by atoms with Gasteiger partial charge >= 0.3 is 6.03 Å². The minimum atomic E-state index is -0.348. The summed E-state index contributed by atoms with van der Waals surface area (Å²) >= 11 is 7.17. The first kappa shape index (κ1) is 21.3. The number of urea groups is 1. The summed E-state index contributed by atoms with van der Waals surface area (Å²) in [4.78, 5) is 27.0. The van der Waals surface area contributed by atoms with Crippen molar-refractivity contribution < 1.29 is 9.59 Å². The van der Waals surface area contributed by atoms with Crippen molar-refractivity contribution in [1.29, 1.82) is 0 Å². The first-order valence-electron chi connectivity index (χ1n) is 10.00. The molecule has 0 unspecified atom stereocenters. The summed E-state index contributed by atoms with van der Waals surface area (Å²) in [5.74, 6) is -0.348. The lowest BCUT2D eigenvalue weighted by atomic mass is 10.1. The molecule has 4 rings (SSSR count). The van der Waals surface area contributed by atoms with Crippen molar-refractivity contribution in [2.75, 3.05) is 11.9 Å². The summed E-state index contributed by atoms with van der Waals surface area (Å²) in [6.07, 6.45) is 1.68. The Labute approximate surface area is 189 Å². The van der Waals surface area contributed by atoms with Crippen LogP contribution in [-0.2, 0) is 6.54 Å². The molecule has 0 saturated carbocycles. The van der Waals surface area contributed by atoms with Gasteiger partial charge in [-0.05, 0) is 43.5 Å². The standard InChI is InChI=1S/C22H22ClN5O2S/c1-14-7-9-15(10-8-14)13-24-22(30)28-11-3-6-18(28)20-26-27-21(31-20)19(29)25-17-5-2-4-16(23)12-17/h2,4-5,7-10,12,18H,3,6,11,13H2,1H3,(H,24,30)(H,25,29)/t18-/m1/s1. The summed E-state index contributed by atoms with van der Waals surface area (Å²) in [5.41, 5.74) is 2.82. The van der Waals surface area contributed by atoms with Crippen LogP contribution in [0.15, 0.2) is 48.5 Å². The number of nitrogens with one attached hydrogen (secondary N) is 2. The number of hydrogen-bond acceptors (Lipinski definition) is 5. The fraction of sp³-hybridized carbons (Fsp3) is 0.273. The van der Waals surface area contributed by atoms with Crippen molar-refractivity contribution in [2.45, 2.75) is 32.4 Å². The van der Waals surface area contributed by atoms with Crippen molar-refractivity contribution in [3.8, 4) is 0 Å². The zero-order chi connectivity index (χ0) is 21.8. The van der Waals surface area contributed by atoms with E-state index in [-0.39, 0.29) is 23.0 Å². The van der Waals surface area contributed by atoms with Gasteiger partial charge in [-0.2, -0.15) is 0 Å². The minimum absolute atomic E-state index is 0.136. The maximum atomic E-state index is 12.8. The Morgan fingerprint density at radius 3 is 2.77 bits per heavy atom. The number of anilines is 1. The molecule has 2 aromatic carbocycles. The molecule has 9 heteroatoms. The van der Waals surface area contributed by atoms with E-state index in [0.29, 0.717) is 28.8 Å². The number of nitrogens with zero attached hydrogens (tertiary/aromatic N) is 3. The van der Waals surface area contributed by atoms with E-state index in [0.717, 1.165) is 18.4 Å². The van der Waals surface area contributed by atoms with Crippen LogP contribution in [0.25, 0.3) is 0 Å². The molecule has 1 atom stereocenters. The van der Waals surface area contributed by atoms with E-state index in [9.17, 15) is 9.59 Å². The van der Waals surface area contributed by atoms with Gasteiger partial charge in [-0.3, -0.25) is 4.79 Å². The van der Waals surface area contributed by atoms with Gasteiger partial charge in [-0.15, -0.1) is 10.2 Å². The molecular weight excluding hydrogens is 434 g/mol. The van der Waals surface area contributed by atoms with Gasteiger partial charge in [0, 0.05) is 23.8 Å². The fourth-order valence-electron chi connectivity index (χ4n) is 3.46. The Bertz CT molecular complexity index is 1090. The van der Waals surface area contributed by atoms with Crippen LogP contribution in [0, 0.1) is 6.92 Å². The maximum Gasteiger partial charge on any atom is 0.318 e. The van der Waals surface area contributed by atoms with Crippen molar-refractivity contribution in [3.05, 3.63) is 74.7 Å². The molecule has 0 radical (unpaired) electrons. The second-order valence-electron chi connectivity index (χ2n) is 7.41. The van der Waals surface area contributed by atoms with Gasteiger partial charge in [0.1, 0.15) is 5.01 Å². The monoisotopic (exact) mass is 455 g/mol. The molecule has 1 aliphatic heterocycles. The van der Waals surface area contributed by atoms with Gasteiger partial charge < -0.3 is 15.5 Å². The van der Waals surface area contributed by atoms with Crippen molar-refractivity contribution in [3.63, 3.8) is 0 Å². The van der Waals surface area contributed by atoms with Crippen LogP contribution >= 0.6 is 22.9 Å². The molecule has 1 aromatic heterocycles. The lowest BCUT2D eigenvalue weighted by molar-refractivity contribution is 0.102. The predicted octanol–water partition coefficient (Wildman–Crippen LogP) is 4.80. The minimum Gasteiger partial charge on any atom is -0.334 e. The van der Waals surface area contributed by atoms with E-state index in [1.165, 1.54) is 16.9 Å². The largest absolute Gasteiger partial charge is 0.334 e. The molecule has 3 amide bonds. The van der Waals surface area contributed by atoms with Crippen LogP contribution < -0.4 is 10.6 Å².